The highest BCUT2D eigenvalue weighted by Crippen LogP contribution is 2.34. The van der Waals surface area contributed by atoms with E-state index in [9.17, 15) is 18.0 Å². The molecule has 2 aromatic rings. The van der Waals surface area contributed by atoms with E-state index in [0.29, 0.717) is 23.1 Å². The summed E-state index contributed by atoms with van der Waals surface area (Å²) in [6.45, 7) is 0. The number of halogens is 5. The smallest absolute Gasteiger partial charge is 0.298 e. The third-order valence-corrected chi connectivity index (χ3v) is 3.11. The zero-order chi connectivity index (χ0) is 14.9. The molecule has 20 heavy (non-hydrogen) atoms. The molecule has 0 saturated heterocycles. The Labute approximate surface area is 122 Å². The standard InChI is InChI=1S/C13H6Cl2F3NO/c14-9-1-2-10(11(15)4-9)12-7(6-20)3-8(5-19-12)13(16,17)18/h1-6H. The Morgan fingerprint density at radius 2 is 1.85 bits per heavy atom. The summed E-state index contributed by atoms with van der Waals surface area (Å²) in [7, 11) is 0. The minimum atomic E-state index is -4.56. The van der Waals surface area contributed by atoms with Gasteiger partial charge < -0.3 is 0 Å². The van der Waals surface area contributed by atoms with Gasteiger partial charge in [0.15, 0.2) is 6.29 Å². The lowest BCUT2D eigenvalue weighted by Crippen LogP contribution is -2.07. The SMILES string of the molecule is O=Cc1cc(C(F)(F)F)cnc1-c1ccc(Cl)cc1Cl. The van der Waals surface area contributed by atoms with Crippen LogP contribution in [-0.4, -0.2) is 11.3 Å². The van der Waals surface area contributed by atoms with Crippen LogP contribution in [-0.2, 0) is 6.18 Å². The molecule has 0 saturated carbocycles. The first-order valence-electron chi connectivity index (χ1n) is 5.31. The van der Waals surface area contributed by atoms with Gasteiger partial charge in [0.1, 0.15) is 0 Å². The summed E-state index contributed by atoms with van der Waals surface area (Å²) in [6.07, 6.45) is -3.59. The highest BCUT2D eigenvalue weighted by molar-refractivity contribution is 6.36. The van der Waals surface area contributed by atoms with Crippen molar-refractivity contribution >= 4 is 29.5 Å². The minimum absolute atomic E-state index is 0.0784. The highest BCUT2D eigenvalue weighted by Gasteiger charge is 2.31. The molecule has 0 aliphatic rings. The average Bonchev–Trinajstić information content (AvgIpc) is 2.37. The maximum Gasteiger partial charge on any atom is 0.417 e. The second-order valence-corrected chi connectivity index (χ2v) is 4.75. The lowest BCUT2D eigenvalue weighted by Gasteiger charge is -2.10. The van der Waals surface area contributed by atoms with Crippen molar-refractivity contribution in [2.75, 3.05) is 0 Å². The maximum absolute atomic E-state index is 12.6. The fourth-order valence-electron chi connectivity index (χ4n) is 1.63. The topological polar surface area (TPSA) is 30.0 Å². The van der Waals surface area contributed by atoms with Crippen molar-refractivity contribution in [2.45, 2.75) is 6.18 Å². The fraction of sp³-hybridized carbons (Fsp3) is 0.0769. The van der Waals surface area contributed by atoms with Crippen LogP contribution in [0.5, 0.6) is 0 Å². The Bertz CT molecular complexity index is 671. The second-order valence-electron chi connectivity index (χ2n) is 3.90. The lowest BCUT2D eigenvalue weighted by molar-refractivity contribution is -0.137. The van der Waals surface area contributed by atoms with E-state index in [-0.39, 0.29) is 16.3 Å². The number of hydrogen-bond donors (Lipinski definition) is 0. The molecule has 0 atom stereocenters. The molecule has 104 valence electrons. The summed E-state index contributed by atoms with van der Waals surface area (Å²) >= 11 is 11.7. The van der Waals surface area contributed by atoms with Crippen LogP contribution in [0.1, 0.15) is 15.9 Å². The largest absolute Gasteiger partial charge is 0.417 e. The molecule has 0 bridgehead atoms. The number of carbonyl (C=O) groups is 1. The molecule has 2 rings (SSSR count). The van der Waals surface area contributed by atoms with Crippen molar-refractivity contribution in [3.05, 3.63) is 51.6 Å². The number of aldehydes is 1. The van der Waals surface area contributed by atoms with Crippen molar-refractivity contribution in [1.29, 1.82) is 0 Å². The predicted octanol–water partition coefficient (Wildman–Crippen LogP) is 4.89. The molecular weight excluding hydrogens is 314 g/mol. The Hall–Kier alpha value is -1.59. The molecule has 1 aromatic carbocycles. The fourth-order valence-corrected chi connectivity index (χ4v) is 2.13. The highest BCUT2D eigenvalue weighted by atomic mass is 35.5. The number of rotatable bonds is 2. The van der Waals surface area contributed by atoms with Gasteiger partial charge in [-0.05, 0) is 24.3 Å². The summed E-state index contributed by atoms with van der Waals surface area (Å²) in [4.78, 5) is 14.7. The van der Waals surface area contributed by atoms with Crippen LogP contribution in [0.3, 0.4) is 0 Å². The van der Waals surface area contributed by atoms with Gasteiger partial charge in [-0.3, -0.25) is 9.78 Å². The van der Waals surface area contributed by atoms with Crippen molar-refractivity contribution in [2.24, 2.45) is 0 Å². The molecule has 2 nitrogen and oxygen atoms in total. The van der Waals surface area contributed by atoms with Crippen molar-refractivity contribution in [3.63, 3.8) is 0 Å². The molecule has 0 amide bonds. The van der Waals surface area contributed by atoms with Gasteiger partial charge in [0.05, 0.1) is 16.3 Å². The third kappa shape index (κ3) is 2.94. The van der Waals surface area contributed by atoms with Crippen LogP contribution in [0.2, 0.25) is 10.0 Å². The number of hydrogen-bond acceptors (Lipinski definition) is 2. The van der Waals surface area contributed by atoms with Gasteiger partial charge in [-0.15, -0.1) is 0 Å². The van der Waals surface area contributed by atoms with Crippen LogP contribution < -0.4 is 0 Å². The molecule has 0 aliphatic heterocycles. The van der Waals surface area contributed by atoms with E-state index in [2.05, 4.69) is 4.98 Å². The first-order valence-corrected chi connectivity index (χ1v) is 6.06. The Kier molecular flexibility index (Phi) is 4.01. The van der Waals surface area contributed by atoms with Gasteiger partial charge in [0, 0.05) is 22.3 Å². The Balaban J connectivity index is 2.60. The monoisotopic (exact) mass is 319 g/mol. The van der Waals surface area contributed by atoms with Gasteiger partial charge in [0.2, 0.25) is 0 Å². The quantitative estimate of drug-likeness (QED) is 0.738. The van der Waals surface area contributed by atoms with Gasteiger partial charge >= 0.3 is 6.18 Å². The van der Waals surface area contributed by atoms with E-state index in [1.165, 1.54) is 18.2 Å². The third-order valence-electron chi connectivity index (χ3n) is 2.56. The normalized spacial score (nSPS) is 11.4. The van der Waals surface area contributed by atoms with E-state index < -0.39 is 11.7 Å². The maximum atomic E-state index is 12.6. The minimum Gasteiger partial charge on any atom is -0.298 e. The molecule has 0 unspecified atom stereocenters. The number of alkyl halides is 3. The molecule has 0 aliphatic carbocycles. The first kappa shape index (κ1) is 14.8. The molecule has 1 heterocycles. The van der Waals surface area contributed by atoms with Crippen LogP contribution in [0.4, 0.5) is 13.2 Å². The number of nitrogens with zero attached hydrogens (tertiary/aromatic N) is 1. The number of pyridine rings is 1. The zero-order valence-corrected chi connectivity index (χ0v) is 11.2. The van der Waals surface area contributed by atoms with E-state index >= 15 is 0 Å². The second kappa shape index (κ2) is 5.42. The van der Waals surface area contributed by atoms with Gasteiger partial charge in [-0.1, -0.05) is 23.2 Å². The van der Waals surface area contributed by atoms with Crippen molar-refractivity contribution < 1.29 is 18.0 Å². The molecule has 0 spiro atoms. The van der Waals surface area contributed by atoms with E-state index in [1.54, 1.807) is 0 Å². The van der Waals surface area contributed by atoms with Crippen LogP contribution in [0, 0.1) is 0 Å². The first-order chi connectivity index (χ1) is 9.32. The molecular formula is C13H6Cl2F3NO. The summed E-state index contributed by atoms with van der Waals surface area (Å²) in [5.41, 5.74) is -0.765. The number of carbonyl (C=O) groups excluding carboxylic acids is 1. The van der Waals surface area contributed by atoms with Crippen molar-refractivity contribution in [1.82, 2.24) is 4.98 Å². The van der Waals surface area contributed by atoms with E-state index in [1.807, 2.05) is 0 Å². The summed E-state index contributed by atoms with van der Waals surface area (Å²) in [5, 5.41) is 0.575. The van der Waals surface area contributed by atoms with E-state index in [0.717, 1.165) is 6.07 Å². The zero-order valence-electron chi connectivity index (χ0n) is 9.71. The van der Waals surface area contributed by atoms with Crippen LogP contribution >= 0.6 is 23.2 Å². The van der Waals surface area contributed by atoms with Crippen LogP contribution in [0.15, 0.2) is 30.5 Å². The summed E-state index contributed by atoms with van der Waals surface area (Å²) in [6, 6.07) is 5.16. The van der Waals surface area contributed by atoms with E-state index in [4.69, 9.17) is 23.2 Å². The predicted molar refractivity (Wildman–Crippen MR) is 70.1 cm³/mol. The number of benzene rings is 1. The molecule has 0 N–H and O–H groups in total. The molecule has 7 heteroatoms. The Morgan fingerprint density at radius 1 is 1.15 bits per heavy atom. The average molecular weight is 320 g/mol. The van der Waals surface area contributed by atoms with Gasteiger partial charge in [-0.25, -0.2) is 0 Å². The van der Waals surface area contributed by atoms with Gasteiger partial charge in [0.25, 0.3) is 0 Å². The lowest BCUT2D eigenvalue weighted by atomic mass is 10.0. The summed E-state index contributed by atoms with van der Waals surface area (Å²) in [5.74, 6) is 0. The van der Waals surface area contributed by atoms with Gasteiger partial charge in [-0.2, -0.15) is 13.2 Å². The Morgan fingerprint density at radius 3 is 2.40 bits per heavy atom. The molecule has 0 fully saturated rings. The van der Waals surface area contributed by atoms with Crippen LogP contribution in [0.25, 0.3) is 11.3 Å². The molecule has 1 aromatic heterocycles. The molecule has 0 radical (unpaired) electrons. The number of aromatic nitrogens is 1. The summed E-state index contributed by atoms with van der Waals surface area (Å²) < 4.78 is 37.7. The van der Waals surface area contributed by atoms with Crippen molar-refractivity contribution in [3.8, 4) is 11.3 Å².